The van der Waals surface area contributed by atoms with Crippen LogP contribution in [0.2, 0.25) is 0 Å². The van der Waals surface area contributed by atoms with E-state index in [2.05, 4.69) is 16.9 Å². The first kappa shape index (κ1) is 18.2. The van der Waals surface area contributed by atoms with Gasteiger partial charge in [-0.05, 0) is 17.7 Å². The normalized spacial score (nSPS) is 10.6. The Kier molecular flexibility index (Phi) is 5.88. The molecule has 0 atom stereocenters. The molecule has 0 bridgehead atoms. The average Bonchev–Trinajstić information content (AvgIpc) is 2.86. The van der Waals surface area contributed by atoms with E-state index in [0.717, 1.165) is 16.6 Å². The van der Waals surface area contributed by atoms with Crippen LogP contribution < -0.4 is 5.32 Å². The molecule has 6 nitrogen and oxygen atoms in total. The summed E-state index contributed by atoms with van der Waals surface area (Å²) in [4.78, 5) is 24.2. The number of nitrogens with zero attached hydrogens (tertiary/aromatic N) is 2. The van der Waals surface area contributed by atoms with Gasteiger partial charge >= 0.3 is 12.1 Å². The number of aliphatic carboxylic acids is 1. The summed E-state index contributed by atoms with van der Waals surface area (Å²) in [6.45, 7) is 3.90. The quantitative estimate of drug-likeness (QED) is 0.844. The zero-order chi connectivity index (χ0) is 17.6. The van der Waals surface area contributed by atoms with Crippen molar-refractivity contribution in [3.05, 3.63) is 42.7 Å². The summed E-state index contributed by atoms with van der Waals surface area (Å²) in [5.74, 6) is -2.92. The first-order valence-corrected chi connectivity index (χ1v) is 6.26. The summed E-state index contributed by atoms with van der Waals surface area (Å²) < 4.78 is 33.7. The molecule has 9 heteroatoms. The minimum Gasteiger partial charge on any atom is -0.475 e. The van der Waals surface area contributed by atoms with Gasteiger partial charge in [-0.3, -0.25) is 4.79 Å². The number of para-hydroxylation sites is 1. The Morgan fingerprint density at radius 2 is 2.04 bits per heavy atom. The van der Waals surface area contributed by atoms with Gasteiger partial charge in [-0.25, -0.2) is 9.78 Å². The monoisotopic (exact) mass is 329 g/mol. The fraction of sp³-hybridized carbons (Fsp3) is 0.214. The summed E-state index contributed by atoms with van der Waals surface area (Å²) in [5, 5.41) is 9.88. The van der Waals surface area contributed by atoms with Gasteiger partial charge in [0.15, 0.2) is 0 Å². The number of aryl methyl sites for hydroxylation is 1. The van der Waals surface area contributed by atoms with Gasteiger partial charge in [-0.2, -0.15) is 13.2 Å². The van der Waals surface area contributed by atoms with Crippen LogP contribution >= 0.6 is 0 Å². The largest absolute Gasteiger partial charge is 0.490 e. The van der Waals surface area contributed by atoms with Crippen LogP contribution in [-0.4, -0.2) is 32.7 Å². The van der Waals surface area contributed by atoms with E-state index in [1.165, 1.54) is 6.08 Å². The van der Waals surface area contributed by atoms with Crippen LogP contribution in [0.25, 0.3) is 11.0 Å². The number of carbonyl (C=O) groups is 2. The van der Waals surface area contributed by atoms with Gasteiger partial charge in [-0.1, -0.05) is 18.7 Å². The van der Waals surface area contributed by atoms with Gasteiger partial charge < -0.3 is 15.0 Å². The van der Waals surface area contributed by atoms with E-state index >= 15 is 0 Å². The van der Waals surface area contributed by atoms with Crippen molar-refractivity contribution < 1.29 is 27.9 Å². The predicted octanol–water partition coefficient (Wildman–Crippen LogP) is 2.01. The fourth-order valence-corrected chi connectivity index (χ4v) is 1.69. The minimum absolute atomic E-state index is 0.167. The van der Waals surface area contributed by atoms with E-state index < -0.39 is 12.1 Å². The molecular weight excluding hydrogens is 315 g/mol. The Morgan fingerprint density at radius 3 is 2.57 bits per heavy atom. The maximum atomic E-state index is 11.1. The molecule has 0 saturated carbocycles. The summed E-state index contributed by atoms with van der Waals surface area (Å²) in [6, 6.07) is 5.87. The van der Waals surface area contributed by atoms with Crippen LogP contribution in [0.15, 0.2) is 37.2 Å². The van der Waals surface area contributed by atoms with Gasteiger partial charge in [0.25, 0.3) is 0 Å². The maximum Gasteiger partial charge on any atom is 0.490 e. The van der Waals surface area contributed by atoms with E-state index in [1.54, 1.807) is 6.33 Å². The van der Waals surface area contributed by atoms with Crippen molar-refractivity contribution in [3.63, 3.8) is 0 Å². The summed E-state index contributed by atoms with van der Waals surface area (Å²) in [6.07, 6.45) is -2.05. The lowest BCUT2D eigenvalue weighted by atomic mass is 10.2. The van der Waals surface area contributed by atoms with Crippen LogP contribution in [0.1, 0.15) is 5.56 Å². The van der Waals surface area contributed by atoms with Crippen molar-refractivity contribution in [2.75, 3.05) is 0 Å². The lowest BCUT2D eigenvalue weighted by Crippen LogP contribution is -2.21. The van der Waals surface area contributed by atoms with E-state index in [9.17, 15) is 18.0 Å². The molecule has 0 radical (unpaired) electrons. The number of carbonyl (C=O) groups excluding carboxylic acids is 1. The molecule has 0 aliphatic heterocycles. The van der Waals surface area contributed by atoms with E-state index in [4.69, 9.17) is 9.90 Å². The Morgan fingerprint density at radius 1 is 1.43 bits per heavy atom. The Hall–Kier alpha value is -2.84. The number of hydrogen-bond donors (Lipinski definition) is 2. The van der Waals surface area contributed by atoms with Crippen molar-refractivity contribution in [2.45, 2.75) is 12.7 Å². The number of carboxylic acid groups (broad SMARTS) is 1. The first-order chi connectivity index (χ1) is 10.7. The highest BCUT2D eigenvalue weighted by molar-refractivity contribution is 5.87. The third-order valence-electron chi connectivity index (χ3n) is 2.70. The molecular formula is C14H14F3N3O3. The fourth-order valence-electron chi connectivity index (χ4n) is 1.69. The molecule has 0 aliphatic rings. The number of rotatable bonds is 3. The van der Waals surface area contributed by atoms with Crippen molar-refractivity contribution in [2.24, 2.45) is 7.05 Å². The average molecular weight is 329 g/mol. The van der Waals surface area contributed by atoms with Crippen molar-refractivity contribution in [1.29, 1.82) is 0 Å². The topological polar surface area (TPSA) is 84.2 Å². The number of aromatic nitrogens is 2. The number of benzene rings is 1. The molecule has 0 aliphatic carbocycles. The van der Waals surface area contributed by atoms with Crippen molar-refractivity contribution >= 4 is 22.9 Å². The van der Waals surface area contributed by atoms with Gasteiger partial charge in [0, 0.05) is 13.6 Å². The van der Waals surface area contributed by atoms with E-state index in [0.29, 0.717) is 6.54 Å². The number of nitrogens with one attached hydrogen (secondary N) is 1. The van der Waals surface area contributed by atoms with Gasteiger partial charge in [0.1, 0.15) is 0 Å². The number of carboxylic acids is 1. The number of amides is 1. The maximum absolute atomic E-state index is 11.1. The molecule has 2 N–H and O–H groups in total. The lowest BCUT2D eigenvalue weighted by molar-refractivity contribution is -0.192. The Labute approximate surface area is 129 Å². The second-order valence-corrected chi connectivity index (χ2v) is 4.37. The highest BCUT2D eigenvalue weighted by Gasteiger charge is 2.38. The van der Waals surface area contributed by atoms with E-state index in [-0.39, 0.29) is 5.91 Å². The second-order valence-electron chi connectivity index (χ2n) is 4.37. The molecule has 0 unspecified atom stereocenters. The highest BCUT2D eigenvalue weighted by atomic mass is 19.4. The third-order valence-corrected chi connectivity index (χ3v) is 2.70. The summed E-state index contributed by atoms with van der Waals surface area (Å²) in [7, 11) is 1.94. The van der Waals surface area contributed by atoms with Crippen LogP contribution in [0.4, 0.5) is 13.2 Å². The zero-order valence-corrected chi connectivity index (χ0v) is 12.1. The molecule has 2 aromatic rings. The number of alkyl halides is 3. The standard InChI is InChI=1S/C12H13N3O.C2HF3O2/c1-3-11(16)13-7-9-5-4-6-10-12(9)15(2)8-14-10;3-2(4,5)1(6)7/h3-6,8H,1,7H2,2H3,(H,13,16);(H,6,7). The number of imidazole rings is 1. The third kappa shape index (κ3) is 5.13. The van der Waals surface area contributed by atoms with Gasteiger partial charge in [0.05, 0.1) is 17.4 Å². The Balaban J connectivity index is 0.000000322. The van der Waals surface area contributed by atoms with Crippen molar-refractivity contribution in [3.8, 4) is 0 Å². The van der Waals surface area contributed by atoms with Gasteiger partial charge in [-0.15, -0.1) is 0 Å². The molecule has 0 saturated heterocycles. The summed E-state index contributed by atoms with van der Waals surface area (Å²) >= 11 is 0. The van der Waals surface area contributed by atoms with Crippen LogP contribution in [0, 0.1) is 0 Å². The predicted molar refractivity (Wildman–Crippen MR) is 76.4 cm³/mol. The molecule has 0 spiro atoms. The van der Waals surface area contributed by atoms with E-state index in [1.807, 2.05) is 29.8 Å². The van der Waals surface area contributed by atoms with Crippen LogP contribution in [0.5, 0.6) is 0 Å². The molecule has 1 heterocycles. The molecule has 1 aromatic carbocycles. The minimum atomic E-state index is -5.08. The van der Waals surface area contributed by atoms with Gasteiger partial charge in [0.2, 0.25) is 5.91 Å². The smallest absolute Gasteiger partial charge is 0.475 e. The first-order valence-electron chi connectivity index (χ1n) is 6.26. The molecule has 23 heavy (non-hydrogen) atoms. The van der Waals surface area contributed by atoms with Crippen molar-refractivity contribution in [1.82, 2.24) is 14.9 Å². The molecule has 1 amide bonds. The highest BCUT2D eigenvalue weighted by Crippen LogP contribution is 2.16. The van der Waals surface area contributed by atoms with Crippen LogP contribution in [0.3, 0.4) is 0 Å². The van der Waals surface area contributed by atoms with Crippen LogP contribution in [-0.2, 0) is 23.2 Å². The lowest BCUT2D eigenvalue weighted by Gasteiger charge is -2.05. The zero-order valence-electron chi connectivity index (χ0n) is 12.1. The number of fused-ring (bicyclic) bond motifs is 1. The molecule has 0 fully saturated rings. The number of hydrogen-bond acceptors (Lipinski definition) is 3. The Bertz CT molecular complexity index is 723. The second kappa shape index (κ2) is 7.43. The molecule has 124 valence electrons. The number of halogens is 3. The SMILES string of the molecule is C=CC(=O)NCc1cccc2ncn(C)c12.O=C(O)C(F)(F)F. The molecule has 1 aromatic heterocycles. The molecule has 2 rings (SSSR count). The summed E-state index contributed by atoms with van der Waals surface area (Å²) in [5.41, 5.74) is 3.03.